The normalized spacial score (nSPS) is 18.2. The number of carbonyl (C=O) groups excluding carboxylic acids is 2. The minimum absolute atomic E-state index is 0.0490. The van der Waals surface area contributed by atoms with Crippen molar-refractivity contribution >= 4 is 21.6 Å². The van der Waals surface area contributed by atoms with Gasteiger partial charge in [-0.15, -0.1) is 0 Å². The molecule has 1 aliphatic rings. The van der Waals surface area contributed by atoms with Crippen molar-refractivity contribution in [3.8, 4) is 0 Å². The summed E-state index contributed by atoms with van der Waals surface area (Å²) in [6, 6.07) is 14.0. The van der Waals surface area contributed by atoms with Gasteiger partial charge in [0.05, 0.1) is 10.9 Å². The summed E-state index contributed by atoms with van der Waals surface area (Å²) in [7, 11) is -3.84. The third kappa shape index (κ3) is 3.41. The van der Waals surface area contributed by atoms with E-state index in [0.717, 1.165) is 0 Å². The quantitative estimate of drug-likeness (QED) is 0.772. The number of benzene rings is 2. The molecule has 1 atom stereocenters. The lowest BCUT2D eigenvalue weighted by molar-refractivity contribution is 0.0917. The van der Waals surface area contributed by atoms with Gasteiger partial charge in [-0.2, -0.15) is 4.31 Å². The van der Waals surface area contributed by atoms with Gasteiger partial charge in [-0.25, -0.2) is 8.42 Å². The highest BCUT2D eigenvalue weighted by Gasteiger charge is 2.39. The molecule has 1 aliphatic heterocycles. The summed E-state index contributed by atoms with van der Waals surface area (Å²) in [5.74, 6) is -0.389. The van der Waals surface area contributed by atoms with Crippen molar-refractivity contribution in [3.63, 3.8) is 0 Å². The van der Waals surface area contributed by atoms with E-state index < -0.39 is 16.1 Å². The Labute approximate surface area is 147 Å². The van der Waals surface area contributed by atoms with E-state index >= 15 is 0 Å². The van der Waals surface area contributed by atoms with E-state index in [1.54, 1.807) is 36.4 Å². The van der Waals surface area contributed by atoms with Crippen LogP contribution < -0.4 is 0 Å². The molecule has 1 saturated heterocycles. The zero-order valence-corrected chi connectivity index (χ0v) is 14.7. The third-order valence-corrected chi connectivity index (χ3v) is 6.32. The molecule has 0 aromatic heterocycles. The number of Topliss-reactive ketones (excluding diaryl/α,β-unsaturated/α-hetero) is 2. The van der Waals surface area contributed by atoms with Crippen LogP contribution in [0.2, 0.25) is 0 Å². The number of carbonyl (C=O) groups is 2. The van der Waals surface area contributed by atoms with Crippen LogP contribution in [0.1, 0.15) is 40.5 Å². The van der Waals surface area contributed by atoms with E-state index in [-0.39, 0.29) is 16.5 Å². The fraction of sp³-hybridized carbons (Fsp3) is 0.263. The predicted molar refractivity (Wildman–Crippen MR) is 94.1 cm³/mol. The van der Waals surface area contributed by atoms with Crippen LogP contribution in [0.5, 0.6) is 0 Å². The maximum Gasteiger partial charge on any atom is 0.243 e. The molecule has 0 N–H and O–H groups in total. The van der Waals surface area contributed by atoms with Gasteiger partial charge in [0.15, 0.2) is 11.6 Å². The molecule has 1 fully saturated rings. The summed E-state index contributed by atoms with van der Waals surface area (Å²) in [6.07, 6.45) is 1.13. The highest BCUT2D eigenvalue weighted by Crippen LogP contribution is 2.28. The molecule has 25 heavy (non-hydrogen) atoms. The van der Waals surface area contributed by atoms with Crippen molar-refractivity contribution in [1.82, 2.24) is 4.31 Å². The molecule has 0 bridgehead atoms. The Morgan fingerprint density at radius 3 is 2.36 bits per heavy atom. The SMILES string of the molecule is CC(=O)c1cccc(S(=O)(=O)N2CCCC2C(=O)c2ccccc2)c1. The van der Waals surface area contributed by atoms with Crippen LogP contribution >= 0.6 is 0 Å². The van der Waals surface area contributed by atoms with Crippen molar-refractivity contribution in [2.75, 3.05) is 6.54 Å². The van der Waals surface area contributed by atoms with Crippen molar-refractivity contribution in [2.45, 2.75) is 30.7 Å². The molecule has 0 radical (unpaired) electrons. The van der Waals surface area contributed by atoms with Crippen molar-refractivity contribution in [3.05, 3.63) is 65.7 Å². The third-order valence-electron chi connectivity index (χ3n) is 4.41. The molecule has 6 heteroatoms. The summed E-state index contributed by atoms with van der Waals surface area (Å²) in [5, 5.41) is 0. The van der Waals surface area contributed by atoms with Crippen LogP contribution in [-0.2, 0) is 10.0 Å². The molecule has 3 rings (SSSR count). The Balaban J connectivity index is 1.95. The van der Waals surface area contributed by atoms with Crippen molar-refractivity contribution < 1.29 is 18.0 Å². The molecule has 2 aromatic rings. The number of hydrogen-bond acceptors (Lipinski definition) is 4. The van der Waals surface area contributed by atoms with Gasteiger partial charge in [0.1, 0.15) is 0 Å². The van der Waals surface area contributed by atoms with Crippen LogP contribution in [0, 0.1) is 0 Å². The van der Waals surface area contributed by atoms with Crippen LogP contribution in [0.3, 0.4) is 0 Å². The smallest absolute Gasteiger partial charge is 0.243 e. The Bertz CT molecular complexity index is 906. The molecule has 1 unspecified atom stereocenters. The second-order valence-electron chi connectivity index (χ2n) is 6.09. The second kappa shape index (κ2) is 6.90. The predicted octanol–water partition coefficient (Wildman–Crippen LogP) is 2.93. The van der Waals surface area contributed by atoms with Gasteiger partial charge < -0.3 is 0 Å². The Hall–Kier alpha value is -2.31. The lowest BCUT2D eigenvalue weighted by atomic mass is 10.0. The molecule has 5 nitrogen and oxygen atoms in total. The first-order valence-corrected chi connectivity index (χ1v) is 9.57. The van der Waals surface area contributed by atoms with Gasteiger partial charge in [-0.05, 0) is 31.9 Å². The molecule has 2 aromatic carbocycles. The van der Waals surface area contributed by atoms with Crippen LogP contribution in [0.25, 0.3) is 0 Å². The molecule has 0 aliphatic carbocycles. The number of ketones is 2. The fourth-order valence-corrected chi connectivity index (χ4v) is 4.80. The van der Waals surface area contributed by atoms with Crippen LogP contribution in [-0.4, -0.2) is 36.9 Å². The Morgan fingerprint density at radius 1 is 1.00 bits per heavy atom. The maximum absolute atomic E-state index is 13.0. The fourth-order valence-electron chi connectivity index (χ4n) is 3.10. The van der Waals surface area contributed by atoms with Gasteiger partial charge in [-0.1, -0.05) is 42.5 Å². The van der Waals surface area contributed by atoms with E-state index in [1.165, 1.54) is 23.4 Å². The Morgan fingerprint density at radius 2 is 1.68 bits per heavy atom. The zero-order valence-electron chi connectivity index (χ0n) is 13.9. The highest BCUT2D eigenvalue weighted by atomic mass is 32.2. The summed E-state index contributed by atoms with van der Waals surface area (Å²) in [4.78, 5) is 24.3. The first-order chi connectivity index (χ1) is 11.9. The average molecular weight is 357 g/mol. The first kappa shape index (κ1) is 17.5. The summed E-state index contributed by atoms with van der Waals surface area (Å²) >= 11 is 0. The number of nitrogens with zero attached hydrogens (tertiary/aromatic N) is 1. The van der Waals surface area contributed by atoms with Crippen LogP contribution in [0.4, 0.5) is 0 Å². The van der Waals surface area contributed by atoms with Gasteiger partial charge in [0, 0.05) is 17.7 Å². The van der Waals surface area contributed by atoms with Gasteiger partial charge >= 0.3 is 0 Å². The zero-order chi connectivity index (χ0) is 18.0. The molecule has 1 heterocycles. The number of hydrogen-bond donors (Lipinski definition) is 0. The van der Waals surface area contributed by atoms with Gasteiger partial charge in [0.25, 0.3) is 0 Å². The van der Waals surface area contributed by atoms with Gasteiger partial charge in [-0.3, -0.25) is 9.59 Å². The first-order valence-electron chi connectivity index (χ1n) is 8.13. The van der Waals surface area contributed by atoms with Crippen molar-refractivity contribution in [1.29, 1.82) is 0 Å². The Kier molecular flexibility index (Phi) is 4.83. The number of sulfonamides is 1. The molecular formula is C19H19NO4S. The lowest BCUT2D eigenvalue weighted by Crippen LogP contribution is -2.40. The second-order valence-corrected chi connectivity index (χ2v) is 7.98. The summed E-state index contributed by atoms with van der Waals surface area (Å²) in [5.41, 5.74) is 0.846. The topological polar surface area (TPSA) is 71.5 Å². The lowest BCUT2D eigenvalue weighted by Gasteiger charge is -2.23. The molecule has 130 valence electrons. The van der Waals surface area contributed by atoms with Crippen molar-refractivity contribution in [2.24, 2.45) is 0 Å². The van der Waals surface area contributed by atoms with Gasteiger partial charge in [0.2, 0.25) is 10.0 Å². The highest BCUT2D eigenvalue weighted by molar-refractivity contribution is 7.89. The summed E-state index contributed by atoms with van der Waals surface area (Å²) < 4.78 is 27.3. The van der Waals surface area contributed by atoms with E-state index in [2.05, 4.69) is 0 Å². The maximum atomic E-state index is 13.0. The molecular weight excluding hydrogens is 338 g/mol. The van der Waals surface area contributed by atoms with E-state index in [9.17, 15) is 18.0 Å². The minimum Gasteiger partial charge on any atom is -0.295 e. The minimum atomic E-state index is -3.84. The van der Waals surface area contributed by atoms with E-state index in [4.69, 9.17) is 0 Å². The largest absolute Gasteiger partial charge is 0.295 e. The van der Waals surface area contributed by atoms with Crippen LogP contribution in [0.15, 0.2) is 59.5 Å². The van der Waals surface area contributed by atoms with E-state index in [1.807, 2.05) is 6.07 Å². The molecule has 0 saturated carbocycles. The molecule has 0 amide bonds. The van der Waals surface area contributed by atoms with E-state index in [0.29, 0.717) is 30.5 Å². The molecule has 0 spiro atoms. The standard InChI is InChI=1S/C19H19NO4S/c1-14(21)16-9-5-10-17(13-16)25(23,24)20-12-6-11-18(20)19(22)15-7-3-2-4-8-15/h2-5,7-10,13,18H,6,11-12H2,1H3. The number of rotatable bonds is 5. The summed E-state index contributed by atoms with van der Waals surface area (Å²) in [6.45, 7) is 1.69. The average Bonchev–Trinajstić information content (AvgIpc) is 3.12. The monoisotopic (exact) mass is 357 g/mol.